The van der Waals surface area contributed by atoms with E-state index in [2.05, 4.69) is 10.5 Å². The van der Waals surface area contributed by atoms with Gasteiger partial charge in [-0.15, -0.1) is 12.4 Å². The van der Waals surface area contributed by atoms with Crippen molar-refractivity contribution >= 4 is 24.0 Å². The van der Waals surface area contributed by atoms with E-state index < -0.39 is 0 Å². The Balaban J connectivity index is 0.00000432. The second-order valence-electron chi connectivity index (χ2n) is 7.83. The van der Waals surface area contributed by atoms with Crippen molar-refractivity contribution in [3.63, 3.8) is 0 Å². The Morgan fingerprint density at radius 3 is 2.23 bits per heavy atom. The van der Waals surface area contributed by atoms with Crippen LogP contribution in [0, 0.1) is 5.92 Å². The van der Waals surface area contributed by atoms with Gasteiger partial charge in [-0.25, -0.2) is 0 Å². The number of carbonyl (C=O) groups excluding carboxylic acids is 1. The first-order chi connectivity index (χ1) is 16.4. The van der Waals surface area contributed by atoms with Crippen LogP contribution in [0.15, 0.2) is 41.1 Å². The molecule has 2 aromatic carbocycles. The van der Waals surface area contributed by atoms with E-state index in [1.165, 1.54) is 0 Å². The second-order valence-corrected chi connectivity index (χ2v) is 7.83. The normalized spacial score (nSPS) is 11.3. The molecular formula is C25H32ClN3O6. The van der Waals surface area contributed by atoms with Gasteiger partial charge in [0.2, 0.25) is 11.7 Å². The SMILES string of the molecule is COc1ccc(-c2conc2-c2cc(OC)c(OC)c(OC)c2)cc1NC(=O)CCC(C)CN.Cl. The second kappa shape index (κ2) is 12.9. The van der Waals surface area contributed by atoms with Gasteiger partial charge in [0.15, 0.2) is 11.5 Å². The molecule has 1 atom stereocenters. The van der Waals surface area contributed by atoms with Gasteiger partial charge in [-0.3, -0.25) is 4.79 Å². The highest BCUT2D eigenvalue weighted by molar-refractivity contribution is 5.94. The number of ether oxygens (including phenoxy) is 4. The number of benzene rings is 2. The first-order valence-corrected chi connectivity index (χ1v) is 10.9. The molecule has 3 aromatic rings. The number of hydrogen-bond donors (Lipinski definition) is 2. The quantitative estimate of drug-likeness (QED) is 0.382. The topological polar surface area (TPSA) is 118 Å². The fourth-order valence-corrected chi connectivity index (χ4v) is 3.55. The monoisotopic (exact) mass is 505 g/mol. The standard InChI is InChI=1S/C25H31N3O6.ClH/c1-15(13-26)6-9-23(29)27-19-10-16(7-8-20(19)30-2)18-14-34-28-24(18)17-11-21(31-3)25(33-5)22(12-17)32-4;/h7-8,10-12,14-15H,6,9,13,26H2,1-5H3,(H,27,29);1H. The number of nitrogens with zero attached hydrogens (tertiary/aromatic N) is 1. The van der Waals surface area contributed by atoms with Crippen molar-refractivity contribution in [1.82, 2.24) is 5.16 Å². The number of amides is 1. The van der Waals surface area contributed by atoms with Gasteiger partial charge in [0, 0.05) is 17.5 Å². The van der Waals surface area contributed by atoms with E-state index >= 15 is 0 Å². The van der Waals surface area contributed by atoms with Gasteiger partial charge < -0.3 is 34.5 Å². The molecule has 1 unspecified atom stereocenters. The number of halogens is 1. The van der Waals surface area contributed by atoms with E-state index in [0.717, 1.165) is 16.7 Å². The van der Waals surface area contributed by atoms with Crippen molar-refractivity contribution in [2.75, 3.05) is 40.3 Å². The number of nitrogens with one attached hydrogen (secondary N) is 1. The molecule has 3 rings (SSSR count). The minimum absolute atomic E-state index is 0. The Bertz CT molecular complexity index is 1110. The van der Waals surface area contributed by atoms with E-state index in [1.807, 2.05) is 19.1 Å². The maximum Gasteiger partial charge on any atom is 0.224 e. The molecule has 1 amide bonds. The molecular weight excluding hydrogens is 474 g/mol. The summed E-state index contributed by atoms with van der Waals surface area (Å²) in [6.07, 6.45) is 2.63. The summed E-state index contributed by atoms with van der Waals surface area (Å²) in [5.74, 6) is 2.20. The Kier molecular flexibility index (Phi) is 10.2. The number of aromatic nitrogens is 1. The zero-order valence-corrected chi connectivity index (χ0v) is 21.4. The van der Waals surface area contributed by atoms with Crippen molar-refractivity contribution in [3.05, 3.63) is 36.6 Å². The van der Waals surface area contributed by atoms with Gasteiger partial charge in [0.05, 0.1) is 34.1 Å². The predicted octanol–water partition coefficient (Wildman–Crippen LogP) is 4.78. The fraction of sp³-hybridized carbons (Fsp3) is 0.360. The van der Waals surface area contributed by atoms with Crippen LogP contribution in [-0.2, 0) is 4.79 Å². The smallest absolute Gasteiger partial charge is 0.224 e. The van der Waals surface area contributed by atoms with Crippen LogP contribution in [0.1, 0.15) is 19.8 Å². The molecule has 0 bridgehead atoms. The van der Waals surface area contributed by atoms with Crippen LogP contribution >= 0.6 is 12.4 Å². The Morgan fingerprint density at radius 2 is 1.66 bits per heavy atom. The summed E-state index contributed by atoms with van der Waals surface area (Å²) < 4.78 is 27.1. The average molecular weight is 506 g/mol. The highest BCUT2D eigenvalue weighted by Gasteiger charge is 2.20. The van der Waals surface area contributed by atoms with Crippen molar-refractivity contribution in [1.29, 1.82) is 0 Å². The van der Waals surface area contributed by atoms with Gasteiger partial charge in [0.1, 0.15) is 17.7 Å². The third kappa shape index (κ3) is 6.37. The van der Waals surface area contributed by atoms with Crippen molar-refractivity contribution in [2.24, 2.45) is 11.7 Å². The lowest BCUT2D eigenvalue weighted by molar-refractivity contribution is -0.116. The molecule has 0 aliphatic heterocycles. The average Bonchev–Trinajstić information content (AvgIpc) is 3.36. The van der Waals surface area contributed by atoms with E-state index in [-0.39, 0.29) is 24.2 Å². The van der Waals surface area contributed by atoms with E-state index in [1.54, 1.807) is 52.9 Å². The molecule has 1 aromatic heterocycles. The largest absolute Gasteiger partial charge is 0.495 e. The van der Waals surface area contributed by atoms with Gasteiger partial charge in [-0.1, -0.05) is 18.1 Å². The fourth-order valence-electron chi connectivity index (χ4n) is 3.55. The van der Waals surface area contributed by atoms with Crippen LogP contribution in [0.25, 0.3) is 22.4 Å². The summed E-state index contributed by atoms with van der Waals surface area (Å²) in [7, 11) is 6.21. The number of methoxy groups -OCH3 is 4. The van der Waals surface area contributed by atoms with E-state index in [0.29, 0.717) is 53.8 Å². The summed E-state index contributed by atoms with van der Waals surface area (Å²) in [6, 6.07) is 9.09. The van der Waals surface area contributed by atoms with Crippen LogP contribution < -0.4 is 30.0 Å². The molecule has 0 radical (unpaired) electrons. The zero-order chi connectivity index (χ0) is 24.7. The number of hydrogen-bond acceptors (Lipinski definition) is 8. The summed E-state index contributed by atoms with van der Waals surface area (Å²) in [5, 5.41) is 7.14. The maximum atomic E-state index is 12.5. The number of carbonyl (C=O) groups is 1. The Morgan fingerprint density at radius 1 is 1.00 bits per heavy atom. The third-order valence-corrected chi connectivity index (χ3v) is 5.56. The highest BCUT2D eigenvalue weighted by atomic mass is 35.5. The number of nitrogens with two attached hydrogens (primary N) is 1. The molecule has 9 nitrogen and oxygen atoms in total. The minimum atomic E-state index is -0.106. The summed E-state index contributed by atoms with van der Waals surface area (Å²) in [5.41, 5.74) is 9.03. The molecule has 0 fully saturated rings. The van der Waals surface area contributed by atoms with Crippen molar-refractivity contribution in [3.8, 4) is 45.4 Å². The Hall–Kier alpha value is -3.43. The van der Waals surface area contributed by atoms with Crippen LogP contribution in [0.5, 0.6) is 23.0 Å². The molecule has 0 saturated carbocycles. The molecule has 10 heteroatoms. The number of rotatable bonds is 11. The summed E-state index contributed by atoms with van der Waals surface area (Å²) >= 11 is 0. The zero-order valence-electron chi connectivity index (χ0n) is 20.5. The molecule has 35 heavy (non-hydrogen) atoms. The lowest BCUT2D eigenvalue weighted by atomic mass is 10.00. The van der Waals surface area contributed by atoms with E-state index in [9.17, 15) is 4.79 Å². The first kappa shape index (κ1) is 27.8. The third-order valence-electron chi connectivity index (χ3n) is 5.56. The van der Waals surface area contributed by atoms with Crippen LogP contribution in [0.2, 0.25) is 0 Å². The van der Waals surface area contributed by atoms with Crippen LogP contribution in [0.4, 0.5) is 5.69 Å². The van der Waals surface area contributed by atoms with E-state index in [4.69, 9.17) is 29.2 Å². The minimum Gasteiger partial charge on any atom is -0.495 e. The lowest BCUT2D eigenvalue weighted by Crippen LogP contribution is -2.16. The van der Waals surface area contributed by atoms with Gasteiger partial charge in [0.25, 0.3) is 0 Å². The molecule has 0 aliphatic carbocycles. The molecule has 0 saturated heterocycles. The molecule has 0 aliphatic rings. The van der Waals surface area contributed by atoms with Crippen molar-refractivity contribution in [2.45, 2.75) is 19.8 Å². The summed E-state index contributed by atoms with van der Waals surface area (Å²) in [4.78, 5) is 12.5. The number of anilines is 1. The van der Waals surface area contributed by atoms with Crippen LogP contribution in [-0.4, -0.2) is 46.0 Å². The molecule has 190 valence electrons. The molecule has 3 N–H and O–H groups in total. The molecule has 1 heterocycles. The van der Waals surface area contributed by atoms with Crippen LogP contribution in [0.3, 0.4) is 0 Å². The maximum absolute atomic E-state index is 12.5. The molecule has 0 spiro atoms. The summed E-state index contributed by atoms with van der Waals surface area (Å²) in [6.45, 7) is 2.56. The lowest BCUT2D eigenvalue weighted by Gasteiger charge is -2.14. The van der Waals surface area contributed by atoms with Gasteiger partial charge in [-0.2, -0.15) is 0 Å². The predicted molar refractivity (Wildman–Crippen MR) is 137 cm³/mol. The van der Waals surface area contributed by atoms with Crippen molar-refractivity contribution < 1.29 is 28.3 Å². The first-order valence-electron chi connectivity index (χ1n) is 10.9. The van der Waals surface area contributed by atoms with Gasteiger partial charge in [-0.05, 0) is 48.7 Å². The Labute approximate surface area is 211 Å². The highest BCUT2D eigenvalue weighted by Crippen LogP contribution is 2.43. The van der Waals surface area contributed by atoms with Gasteiger partial charge >= 0.3 is 0 Å².